The minimum absolute atomic E-state index is 0.127. The summed E-state index contributed by atoms with van der Waals surface area (Å²) in [6, 6.07) is 12.4. The van der Waals surface area contributed by atoms with Crippen LogP contribution in [0.15, 0.2) is 42.6 Å². The lowest BCUT2D eigenvalue weighted by Gasteiger charge is -2.32. The Morgan fingerprint density at radius 1 is 0.938 bits per heavy atom. The maximum Gasteiger partial charge on any atom is 0.147 e. The third-order valence-corrected chi connectivity index (χ3v) is 6.08. The number of hydrogen-bond acceptors (Lipinski definition) is 5. The number of halogens is 1. The molecule has 0 unspecified atom stereocenters. The SMILES string of the molecule is CC(C)(C)c1ccc(Nc2nc(C(C)(C)C)nc3c2CCN(c2ncccc2Cl)C3)cc1. The van der Waals surface area contributed by atoms with Crippen molar-refractivity contribution < 1.29 is 0 Å². The van der Waals surface area contributed by atoms with Crippen molar-refractivity contribution in [3.63, 3.8) is 0 Å². The van der Waals surface area contributed by atoms with Gasteiger partial charge in [-0.25, -0.2) is 15.0 Å². The second kappa shape index (κ2) is 8.36. The van der Waals surface area contributed by atoms with Crippen molar-refractivity contribution in [1.29, 1.82) is 0 Å². The van der Waals surface area contributed by atoms with E-state index in [-0.39, 0.29) is 10.8 Å². The number of nitrogens with one attached hydrogen (secondary N) is 1. The molecule has 1 N–H and O–H groups in total. The number of anilines is 3. The summed E-state index contributed by atoms with van der Waals surface area (Å²) < 4.78 is 0. The van der Waals surface area contributed by atoms with E-state index in [1.165, 1.54) is 11.1 Å². The molecule has 0 bridgehead atoms. The lowest BCUT2D eigenvalue weighted by molar-refractivity contribution is 0.536. The van der Waals surface area contributed by atoms with Crippen molar-refractivity contribution in [2.45, 2.75) is 65.3 Å². The van der Waals surface area contributed by atoms with Crippen LogP contribution in [0.5, 0.6) is 0 Å². The van der Waals surface area contributed by atoms with Gasteiger partial charge in [0.1, 0.15) is 17.5 Å². The quantitative estimate of drug-likeness (QED) is 0.499. The Bertz CT molecular complexity index is 1110. The van der Waals surface area contributed by atoms with E-state index in [9.17, 15) is 0 Å². The minimum Gasteiger partial charge on any atom is -0.349 e. The number of nitrogens with zero attached hydrogens (tertiary/aromatic N) is 4. The highest BCUT2D eigenvalue weighted by Crippen LogP contribution is 2.33. The maximum atomic E-state index is 6.42. The highest BCUT2D eigenvalue weighted by molar-refractivity contribution is 6.32. The summed E-state index contributed by atoms with van der Waals surface area (Å²) in [5.74, 6) is 2.54. The van der Waals surface area contributed by atoms with Gasteiger partial charge in [-0.2, -0.15) is 0 Å². The zero-order chi connectivity index (χ0) is 23.1. The number of fused-ring (bicyclic) bond motifs is 1. The molecule has 0 spiro atoms. The molecule has 0 saturated heterocycles. The molecule has 1 aliphatic rings. The predicted octanol–water partition coefficient (Wildman–Crippen LogP) is 6.43. The van der Waals surface area contributed by atoms with E-state index >= 15 is 0 Å². The number of rotatable bonds is 3. The van der Waals surface area contributed by atoms with Crippen LogP contribution in [0.3, 0.4) is 0 Å². The van der Waals surface area contributed by atoms with E-state index in [1.807, 2.05) is 12.1 Å². The van der Waals surface area contributed by atoms with Crippen LogP contribution in [-0.4, -0.2) is 21.5 Å². The van der Waals surface area contributed by atoms with Crippen molar-refractivity contribution in [1.82, 2.24) is 15.0 Å². The van der Waals surface area contributed by atoms with Crippen molar-refractivity contribution in [2.75, 3.05) is 16.8 Å². The third kappa shape index (κ3) is 4.73. The highest BCUT2D eigenvalue weighted by Gasteiger charge is 2.27. The Morgan fingerprint density at radius 2 is 1.66 bits per heavy atom. The van der Waals surface area contributed by atoms with Gasteiger partial charge in [-0.15, -0.1) is 0 Å². The Kier molecular flexibility index (Phi) is 5.89. The molecule has 0 saturated carbocycles. The van der Waals surface area contributed by atoms with Gasteiger partial charge >= 0.3 is 0 Å². The second-order valence-corrected chi connectivity index (χ2v) is 10.9. The van der Waals surface area contributed by atoms with Crippen LogP contribution in [0.1, 0.15) is 64.2 Å². The fourth-order valence-electron chi connectivity index (χ4n) is 3.85. The second-order valence-electron chi connectivity index (χ2n) is 10.5. The van der Waals surface area contributed by atoms with Gasteiger partial charge in [0.15, 0.2) is 0 Å². The summed E-state index contributed by atoms with van der Waals surface area (Å²) in [5, 5.41) is 4.24. The minimum atomic E-state index is -0.160. The van der Waals surface area contributed by atoms with Gasteiger partial charge in [0.2, 0.25) is 0 Å². The Balaban J connectivity index is 1.69. The molecule has 0 fully saturated rings. The summed E-state index contributed by atoms with van der Waals surface area (Å²) in [5.41, 5.74) is 4.52. The molecule has 6 heteroatoms. The normalized spacial score (nSPS) is 14.3. The topological polar surface area (TPSA) is 53.9 Å². The fraction of sp³-hybridized carbons (Fsp3) is 0.423. The van der Waals surface area contributed by atoms with E-state index < -0.39 is 0 Å². The van der Waals surface area contributed by atoms with Crippen LogP contribution < -0.4 is 10.2 Å². The van der Waals surface area contributed by atoms with Crippen molar-refractivity contribution >= 4 is 28.9 Å². The number of pyridine rings is 1. The molecule has 32 heavy (non-hydrogen) atoms. The molecule has 1 aromatic carbocycles. The zero-order valence-electron chi connectivity index (χ0n) is 19.8. The summed E-state index contributed by atoms with van der Waals surface area (Å²) >= 11 is 6.42. The van der Waals surface area contributed by atoms with Gasteiger partial charge in [-0.1, -0.05) is 65.3 Å². The van der Waals surface area contributed by atoms with Crippen LogP contribution in [0, 0.1) is 0 Å². The predicted molar refractivity (Wildman–Crippen MR) is 133 cm³/mol. The Hall–Kier alpha value is -2.66. The van der Waals surface area contributed by atoms with Crippen LogP contribution in [0.25, 0.3) is 0 Å². The molecule has 0 aliphatic carbocycles. The third-order valence-electron chi connectivity index (χ3n) is 5.79. The lowest BCUT2D eigenvalue weighted by Crippen LogP contribution is -2.34. The number of benzene rings is 1. The van der Waals surface area contributed by atoms with Gasteiger partial charge < -0.3 is 10.2 Å². The van der Waals surface area contributed by atoms with Crippen molar-refractivity contribution in [3.05, 3.63) is 70.3 Å². The largest absolute Gasteiger partial charge is 0.349 e. The highest BCUT2D eigenvalue weighted by atomic mass is 35.5. The molecule has 4 rings (SSSR count). The van der Waals surface area contributed by atoms with Crippen LogP contribution in [0.4, 0.5) is 17.3 Å². The first-order chi connectivity index (χ1) is 15.0. The van der Waals surface area contributed by atoms with E-state index in [4.69, 9.17) is 21.6 Å². The van der Waals surface area contributed by atoms with E-state index in [1.54, 1.807) is 6.20 Å². The molecule has 0 amide bonds. The van der Waals surface area contributed by atoms with E-state index in [0.717, 1.165) is 41.8 Å². The first kappa shape index (κ1) is 22.5. The standard InChI is InChI=1S/C26H32ClN5/c1-25(2,3)17-9-11-18(12-10-17)29-22-19-13-15-32(23-20(27)8-7-14-28-23)16-21(19)30-24(31-22)26(4,5)6/h7-12,14H,13,15-16H2,1-6H3,(H,29,30,31). The lowest BCUT2D eigenvalue weighted by atomic mass is 9.87. The van der Waals surface area contributed by atoms with Crippen molar-refractivity contribution in [2.24, 2.45) is 0 Å². The van der Waals surface area contributed by atoms with Crippen LogP contribution >= 0.6 is 11.6 Å². The van der Waals surface area contributed by atoms with Crippen LogP contribution in [-0.2, 0) is 23.8 Å². The summed E-state index contributed by atoms with van der Waals surface area (Å²) in [6.07, 6.45) is 2.61. The van der Waals surface area contributed by atoms with E-state index in [0.29, 0.717) is 11.6 Å². The smallest absolute Gasteiger partial charge is 0.147 e. The van der Waals surface area contributed by atoms with E-state index in [2.05, 4.69) is 81.0 Å². The van der Waals surface area contributed by atoms with Gasteiger partial charge in [-0.3, -0.25) is 0 Å². The molecular weight excluding hydrogens is 418 g/mol. The number of hydrogen-bond donors (Lipinski definition) is 1. The van der Waals surface area contributed by atoms with Gasteiger partial charge in [0.05, 0.1) is 17.3 Å². The zero-order valence-corrected chi connectivity index (χ0v) is 20.6. The fourth-order valence-corrected chi connectivity index (χ4v) is 4.09. The first-order valence-electron chi connectivity index (χ1n) is 11.2. The molecular formula is C26H32ClN5. The van der Waals surface area contributed by atoms with Gasteiger partial charge in [0.25, 0.3) is 0 Å². The molecule has 2 aromatic heterocycles. The number of aromatic nitrogens is 3. The van der Waals surface area contributed by atoms with Gasteiger partial charge in [-0.05, 0) is 41.7 Å². The van der Waals surface area contributed by atoms with Gasteiger partial charge in [0, 0.05) is 29.4 Å². The Morgan fingerprint density at radius 3 is 2.28 bits per heavy atom. The molecule has 1 aliphatic heterocycles. The summed E-state index contributed by atoms with van der Waals surface area (Å²) in [4.78, 5) is 16.6. The molecule has 0 radical (unpaired) electrons. The molecule has 3 aromatic rings. The molecule has 168 valence electrons. The van der Waals surface area contributed by atoms with Crippen molar-refractivity contribution in [3.8, 4) is 0 Å². The summed E-state index contributed by atoms with van der Waals surface area (Å²) in [7, 11) is 0. The van der Waals surface area contributed by atoms with Crippen LogP contribution in [0.2, 0.25) is 5.02 Å². The first-order valence-corrected chi connectivity index (χ1v) is 11.5. The average Bonchev–Trinajstić information content (AvgIpc) is 2.72. The summed E-state index contributed by atoms with van der Waals surface area (Å²) in [6.45, 7) is 14.6. The average molecular weight is 450 g/mol. The molecule has 0 atom stereocenters. The molecule has 3 heterocycles. The molecule has 5 nitrogen and oxygen atoms in total. The Labute approximate surface area is 196 Å². The monoisotopic (exact) mass is 449 g/mol. The maximum absolute atomic E-state index is 6.42.